The Hall–Kier alpha value is 0.0500. The third kappa shape index (κ3) is 4.72. The van der Waals surface area contributed by atoms with Crippen molar-refractivity contribution in [3.63, 3.8) is 0 Å². The fourth-order valence-electron chi connectivity index (χ4n) is 0.880. The summed E-state index contributed by atoms with van der Waals surface area (Å²) in [7, 11) is 0. The van der Waals surface area contributed by atoms with E-state index in [0.29, 0.717) is 4.75 Å². The summed E-state index contributed by atoms with van der Waals surface area (Å²) in [5, 5.41) is 0. The molecule has 0 aliphatic carbocycles. The minimum atomic E-state index is 0.354. The lowest BCUT2D eigenvalue weighted by Gasteiger charge is -2.17. The highest BCUT2D eigenvalue weighted by atomic mass is 79.9. The first-order valence-corrected chi connectivity index (χ1v) is 6.14. The highest BCUT2D eigenvalue weighted by Crippen LogP contribution is 2.27. The van der Waals surface area contributed by atoms with Crippen molar-refractivity contribution in [2.45, 2.75) is 31.3 Å². The molecule has 0 fully saturated rings. The van der Waals surface area contributed by atoms with Crippen LogP contribution in [0.1, 0.15) is 26.3 Å². The van der Waals surface area contributed by atoms with Crippen LogP contribution in [-0.4, -0.2) is 4.75 Å². The predicted molar refractivity (Wildman–Crippen MR) is 65.2 cm³/mol. The third-order valence-corrected chi connectivity index (χ3v) is 3.46. The largest absolute Gasteiger partial charge is 0.151 e. The molecule has 0 aliphatic rings. The molecule has 1 aromatic carbocycles. The van der Waals surface area contributed by atoms with E-state index in [4.69, 9.17) is 0 Å². The van der Waals surface area contributed by atoms with Gasteiger partial charge in [0.2, 0.25) is 0 Å². The van der Waals surface area contributed by atoms with E-state index in [-0.39, 0.29) is 0 Å². The molecule has 0 unspecified atom stereocenters. The van der Waals surface area contributed by atoms with Gasteiger partial charge in [-0.05, 0) is 17.7 Å². The van der Waals surface area contributed by atoms with Gasteiger partial charge in [0.1, 0.15) is 0 Å². The van der Waals surface area contributed by atoms with E-state index in [9.17, 15) is 0 Å². The first kappa shape index (κ1) is 11.1. The Bertz CT molecular complexity index is 258. The van der Waals surface area contributed by atoms with Crippen molar-refractivity contribution in [1.29, 1.82) is 0 Å². The van der Waals surface area contributed by atoms with E-state index in [1.54, 1.807) is 0 Å². The van der Waals surface area contributed by atoms with Gasteiger partial charge in [0.15, 0.2) is 0 Å². The van der Waals surface area contributed by atoms with Crippen LogP contribution < -0.4 is 0 Å². The maximum atomic E-state index is 3.43. The van der Waals surface area contributed by atoms with Crippen molar-refractivity contribution < 1.29 is 0 Å². The second kappa shape index (κ2) is 4.52. The van der Waals surface area contributed by atoms with E-state index in [0.717, 1.165) is 10.2 Å². The van der Waals surface area contributed by atoms with Crippen molar-refractivity contribution in [2.24, 2.45) is 0 Å². The van der Waals surface area contributed by atoms with Crippen molar-refractivity contribution >= 4 is 27.7 Å². The molecule has 0 N–H and O–H groups in total. The molecule has 0 saturated carbocycles. The maximum Gasteiger partial charge on any atom is 0.0189 e. The molecule has 0 amide bonds. The molecule has 0 saturated heterocycles. The third-order valence-electron chi connectivity index (χ3n) is 1.59. The van der Waals surface area contributed by atoms with Crippen LogP contribution in [0.4, 0.5) is 0 Å². The quantitative estimate of drug-likeness (QED) is 0.754. The van der Waals surface area contributed by atoms with Crippen LogP contribution in [0.5, 0.6) is 0 Å². The molecular weight excluding hydrogens is 244 g/mol. The molecule has 1 aromatic rings. The molecule has 0 aliphatic heterocycles. The van der Waals surface area contributed by atoms with Gasteiger partial charge < -0.3 is 0 Å². The van der Waals surface area contributed by atoms with Gasteiger partial charge in [-0.15, -0.1) is 0 Å². The summed E-state index contributed by atoms with van der Waals surface area (Å²) >= 11 is 5.41. The summed E-state index contributed by atoms with van der Waals surface area (Å²) in [4.78, 5) is 0. The summed E-state index contributed by atoms with van der Waals surface area (Å²) < 4.78 is 1.50. The fraction of sp³-hybridized carbons (Fsp3) is 0.455. The average Bonchev–Trinajstić information content (AvgIpc) is 2.02. The van der Waals surface area contributed by atoms with Crippen molar-refractivity contribution in [1.82, 2.24) is 0 Å². The van der Waals surface area contributed by atoms with E-state index in [1.807, 2.05) is 11.8 Å². The van der Waals surface area contributed by atoms with Crippen LogP contribution in [0.25, 0.3) is 0 Å². The average molecular weight is 259 g/mol. The number of hydrogen-bond donors (Lipinski definition) is 0. The van der Waals surface area contributed by atoms with Gasteiger partial charge in [0, 0.05) is 15.0 Å². The van der Waals surface area contributed by atoms with E-state index < -0.39 is 0 Å². The molecule has 0 atom stereocenters. The molecule has 0 spiro atoms. The van der Waals surface area contributed by atoms with Crippen LogP contribution in [-0.2, 0) is 5.75 Å². The molecule has 72 valence electrons. The number of thioether (sulfide) groups is 1. The maximum absolute atomic E-state index is 3.43. The Kier molecular flexibility index (Phi) is 3.87. The monoisotopic (exact) mass is 258 g/mol. The minimum Gasteiger partial charge on any atom is -0.151 e. The standard InChI is InChI=1S/C11H15BrS/c1-11(2,3)13-8-9-4-6-10(12)7-5-9/h4-7H,8H2,1-3H3. The van der Waals surface area contributed by atoms with Crippen molar-refractivity contribution in [3.05, 3.63) is 34.3 Å². The smallest absolute Gasteiger partial charge is 0.0189 e. The number of hydrogen-bond acceptors (Lipinski definition) is 1. The molecule has 2 heteroatoms. The number of halogens is 1. The lowest BCUT2D eigenvalue weighted by Crippen LogP contribution is -2.07. The van der Waals surface area contributed by atoms with Gasteiger partial charge in [-0.3, -0.25) is 0 Å². The van der Waals surface area contributed by atoms with Gasteiger partial charge in [0.25, 0.3) is 0 Å². The fourth-order valence-corrected chi connectivity index (χ4v) is 1.94. The Morgan fingerprint density at radius 2 is 1.69 bits per heavy atom. The lowest BCUT2D eigenvalue weighted by molar-refractivity contribution is 0.802. The summed E-state index contributed by atoms with van der Waals surface area (Å²) in [5.74, 6) is 1.09. The second-order valence-corrected chi connectivity index (χ2v) is 6.75. The normalized spacial score (nSPS) is 11.7. The van der Waals surface area contributed by atoms with Crippen molar-refractivity contribution in [3.8, 4) is 0 Å². The number of rotatable bonds is 2. The molecule has 0 aromatic heterocycles. The van der Waals surface area contributed by atoms with Gasteiger partial charge >= 0.3 is 0 Å². The molecule has 1 rings (SSSR count). The Labute approximate surface area is 93.2 Å². The van der Waals surface area contributed by atoms with Crippen LogP contribution >= 0.6 is 27.7 Å². The van der Waals surface area contributed by atoms with E-state index in [1.165, 1.54) is 5.56 Å². The molecule has 0 nitrogen and oxygen atoms in total. The van der Waals surface area contributed by atoms with Crippen molar-refractivity contribution in [2.75, 3.05) is 0 Å². The van der Waals surface area contributed by atoms with Crippen LogP contribution in [0.2, 0.25) is 0 Å². The summed E-state index contributed by atoms with van der Waals surface area (Å²) in [6.07, 6.45) is 0. The zero-order valence-corrected chi connectivity index (χ0v) is 10.7. The second-order valence-electron chi connectivity index (χ2n) is 4.03. The van der Waals surface area contributed by atoms with Gasteiger partial charge in [-0.1, -0.05) is 48.8 Å². The lowest BCUT2D eigenvalue weighted by atomic mass is 10.2. The summed E-state index contributed by atoms with van der Waals surface area (Å²) in [5.41, 5.74) is 1.39. The van der Waals surface area contributed by atoms with Crippen LogP contribution in [0, 0.1) is 0 Å². The van der Waals surface area contributed by atoms with E-state index >= 15 is 0 Å². The molecular formula is C11H15BrS. The summed E-state index contributed by atoms with van der Waals surface area (Å²) in [6.45, 7) is 6.74. The summed E-state index contributed by atoms with van der Waals surface area (Å²) in [6, 6.07) is 8.53. The van der Waals surface area contributed by atoms with Gasteiger partial charge in [0.05, 0.1) is 0 Å². The first-order valence-electron chi connectivity index (χ1n) is 4.36. The molecule has 0 radical (unpaired) electrons. The highest BCUT2D eigenvalue weighted by molar-refractivity contribution is 9.10. The topological polar surface area (TPSA) is 0 Å². The van der Waals surface area contributed by atoms with Gasteiger partial charge in [-0.25, -0.2) is 0 Å². The Balaban J connectivity index is 2.51. The van der Waals surface area contributed by atoms with E-state index in [2.05, 4.69) is 61.0 Å². The minimum absolute atomic E-state index is 0.354. The number of benzene rings is 1. The molecule has 0 heterocycles. The van der Waals surface area contributed by atoms with Gasteiger partial charge in [-0.2, -0.15) is 11.8 Å². The predicted octanol–water partition coefficient (Wildman–Crippen LogP) is 4.48. The first-order chi connectivity index (χ1) is 5.97. The molecule has 0 bridgehead atoms. The SMILES string of the molecule is CC(C)(C)SCc1ccc(Br)cc1. The van der Waals surface area contributed by atoms with Crippen LogP contribution in [0.15, 0.2) is 28.7 Å². The zero-order chi connectivity index (χ0) is 9.90. The molecule has 13 heavy (non-hydrogen) atoms. The Morgan fingerprint density at radius 3 is 2.15 bits per heavy atom. The highest BCUT2D eigenvalue weighted by Gasteiger charge is 2.09. The zero-order valence-electron chi connectivity index (χ0n) is 8.30. The van der Waals surface area contributed by atoms with Crippen LogP contribution in [0.3, 0.4) is 0 Å². The Morgan fingerprint density at radius 1 is 1.15 bits per heavy atom.